The molecule has 1 N–H and O–H groups in total. The number of hydrogen-bond donors (Lipinski definition) is 1. The summed E-state index contributed by atoms with van der Waals surface area (Å²) < 4.78 is 7.94. The Bertz CT molecular complexity index is 989. The Hall–Kier alpha value is -2.44. The van der Waals surface area contributed by atoms with Crippen molar-refractivity contribution in [3.05, 3.63) is 70.9 Å². The SMILES string of the molecule is Brc1cccc(-c2ccc(/C=N\Nc3nc4ccccc4s3)o2)c1. The highest BCUT2D eigenvalue weighted by molar-refractivity contribution is 9.10. The van der Waals surface area contributed by atoms with Crippen LogP contribution in [0.25, 0.3) is 21.5 Å². The number of benzene rings is 2. The largest absolute Gasteiger partial charge is 0.455 e. The third-order valence-corrected chi connectivity index (χ3v) is 4.82. The quantitative estimate of drug-likeness (QED) is 0.351. The van der Waals surface area contributed by atoms with Gasteiger partial charge in [0.1, 0.15) is 11.5 Å². The molecule has 0 unspecified atom stereocenters. The Kier molecular flexibility index (Phi) is 4.15. The van der Waals surface area contributed by atoms with Gasteiger partial charge in [-0.2, -0.15) is 5.10 Å². The zero-order valence-electron chi connectivity index (χ0n) is 12.4. The minimum atomic E-state index is 0.679. The van der Waals surface area contributed by atoms with Gasteiger partial charge < -0.3 is 4.42 Å². The fraction of sp³-hybridized carbons (Fsp3) is 0. The van der Waals surface area contributed by atoms with Crippen LogP contribution in [0.2, 0.25) is 0 Å². The molecule has 4 nitrogen and oxygen atoms in total. The fourth-order valence-electron chi connectivity index (χ4n) is 2.29. The lowest BCUT2D eigenvalue weighted by Gasteiger charge is -1.97. The number of thiazole rings is 1. The number of hydrazone groups is 1. The molecule has 24 heavy (non-hydrogen) atoms. The van der Waals surface area contributed by atoms with Gasteiger partial charge in [0.15, 0.2) is 0 Å². The van der Waals surface area contributed by atoms with Crippen LogP contribution in [0, 0.1) is 0 Å². The van der Waals surface area contributed by atoms with Gasteiger partial charge in [0.2, 0.25) is 5.13 Å². The molecule has 2 aromatic heterocycles. The highest BCUT2D eigenvalue weighted by atomic mass is 79.9. The van der Waals surface area contributed by atoms with E-state index in [9.17, 15) is 0 Å². The second kappa shape index (κ2) is 6.59. The van der Waals surface area contributed by atoms with Crippen molar-refractivity contribution in [3.8, 4) is 11.3 Å². The standard InChI is InChI=1S/C18H12BrN3OS/c19-13-5-3-4-12(10-13)16-9-8-14(23-16)11-20-22-18-21-15-6-1-2-7-17(15)24-18/h1-11H,(H,21,22)/b20-11-. The van der Waals surface area contributed by atoms with Crippen molar-refractivity contribution in [2.24, 2.45) is 5.10 Å². The van der Waals surface area contributed by atoms with Crippen LogP contribution in [-0.4, -0.2) is 11.2 Å². The van der Waals surface area contributed by atoms with E-state index in [4.69, 9.17) is 4.42 Å². The van der Waals surface area contributed by atoms with Gasteiger partial charge in [0, 0.05) is 10.0 Å². The van der Waals surface area contributed by atoms with Crippen molar-refractivity contribution in [3.63, 3.8) is 0 Å². The zero-order chi connectivity index (χ0) is 16.4. The summed E-state index contributed by atoms with van der Waals surface area (Å²) in [6, 6.07) is 19.8. The van der Waals surface area contributed by atoms with Gasteiger partial charge in [-0.05, 0) is 36.4 Å². The first kappa shape index (κ1) is 15.1. The van der Waals surface area contributed by atoms with E-state index in [2.05, 4.69) is 31.4 Å². The number of fused-ring (bicyclic) bond motifs is 1. The Morgan fingerprint density at radius 1 is 1.08 bits per heavy atom. The summed E-state index contributed by atoms with van der Waals surface area (Å²) in [7, 11) is 0. The van der Waals surface area contributed by atoms with Crippen molar-refractivity contribution in [2.45, 2.75) is 0 Å². The Labute approximate surface area is 151 Å². The van der Waals surface area contributed by atoms with Gasteiger partial charge in [-0.15, -0.1) is 0 Å². The van der Waals surface area contributed by atoms with E-state index in [0.717, 1.165) is 31.1 Å². The van der Waals surface area contributed by atoms with Crippen LogP contribution in [0.4, 0.5) is 5.13 Å². The number of anilines is 1. The molecule has 118 valence electrons. The molecular formula is C18H12BrN3OS. The Morgan fingerprint density at radius 2 is 2.00 bits per heavy atom. The van der Waals surface area contributed by atoms with E-state index in [0.29, 0.717) is 5.76 Å². The minimum Gasteiger partial charge on any atom is -0.455 e. The second-order valence-corrected chi connectivity index (χ2v) is 7.02. The Morgan fingerprint density at radius 3 is 2.88 bits per heavy atom. The molecular weight excluding hydrogens is 386 g/mol. The van der Waals surface area contributed by atoms with Crippen molar-refractivity contribution < 1.29 is 4.42 Å². The number of aromatic nitrogens is 1. The number of furan rings is 1. The highest BCUT2D eigenvalue weighted by Crippen LogP contribution is 2.26. The zero-order valence-corrected chi connectivity index (χ0v) is 14.8. The van der Waals surface area contributed by atoms with Gasteiger partial charge in [0.05, 0.1) is 16.4 Å². The summed E-state index contributed by atoms with van der Waals surface area (Å²) in [4.78, 5) is 4.46. The second-order valence-electron chi connectivity index (χ2n) is 5.07. The molecule has 0 saturated carbocycles. The van der Waals surface area contributed by atoms with Crippen LogP contribution in [0.3, 0.4) is 0 Å². The van der Waals surface area contributed by atoms with Gasteiger partial charge in [-0.25, -0.2) is 4.98 Å². The van der Waals surface area contributed by atoms with Crippen LogP contribution in [0.15, 0.2) is 74.7 Å². The average Bonchev–Trinajstić information content (AvgIpc) is 3.21. The smallest absolute Gasteiger partial charge is 0.204 e. The molecule has 0 radical (unpaired) electrons. The molecule has 2 aromatic carbocycles. The normalized spacial score (nSPS) is 11.4. The molecule has 4 aromatic rings. The number of rotatable bonds is 4. The molecule has 0 amide bonds. The number of halogens is 1. The molecule has 0 aliphatic carbocycles. The molecule has 0 bridgehead atoms. The number of para-hydroxylation sites is 1. The topological polar surface area (TPSA) is 50.4 Å². The summed E-state index contributed by atoms with van der Waals surface area (Å²) >= 11 is 5.03. The Balaban J connectivity index is 1.48. The predicted octanol–water partition coefficient (Wildman–Crippen LogP) is 5.76. The van der Waals surface area contributed by atoms with E-state index in [1.165, 1.54) is 0 Å². The molecule has 0 spiro atoms. The first-order valence-corrected chi connectivity index (χ1v) is 8.89. The molecule has 0 fully saturated rings. The molecule has 4 rings (SSSR count). The van der Waals surface area contributed by atoms with Gasteiger partial charge in [-0.1, -0.05) is 51.5 Å². The average molecular weight is 398 g/mol. The van der Waals surface area contributed by atoms with E-state index in [1.807, 2.05) is 60.7 Å². The van der Waals surface area contributed by atoms with Gasteiger partial charge in [-0.3, -0.25) is 5.43 Å². The number of hydrogen-bond acceptors (Lipinski definition) is 5. The lowest BCUT2D eigenvalue weighted by atomic mass is 10.2. The third-order valence-electron chi connectivity index (χ3n) is 3.38. The lowest BCUT2D eigenvalue weighted by Crippen LogP contribution is -1.88. The first-order chi connectivity index (χ1) is 11.8. The summed E-state index contributed by atoms with van der Waals surface area (Å²) in [6.07, 6.45) is 1.65. The fourth-order valence-corrected chi connectivity index (χ4v) is 3.51. The van der Waals surface area contributed by atoms with Crippen LogP contribution in [-0.2, 0) is 0 Å². The van der Waals surface area contributed by atoms with Gasteiger partial charge >= 0.3 is 0 Å². The maximum absolute atomic E-state index is 5.79. The monoisotopic (exact) mass is 397 g/mol. The molecule has 0 aliphatic heterocycles. The van der Waals surface area contributed by atoms with Crippen molar-refractivity contribution >= 4 is 48.8 Å². The van der Waals surface area contributed by atoms with Crippen LogP contribution < -0.4 is 5.43 Å². The third kappa shape index (κ3) is 3.25. The van der Waals surface area contributed by atoms with E-state index >= 15 is 0 Å². The molecule has 0 saturated heterocycles. The lowest BCUT2D eigenvalue weighted by molar-refractivity contribution is 0.575. The minimum absolute atomic E-state index is 0.679. The van der Waals surface area contributed by atoms with E-state index < -0.39 is 0 Å². The summed E-state index contributed by atoms with van der Waals surface area (Å²) in [6.45, 7) is 0. The summed E-state index contributed by atoms with van der Waals surface area (Å²) in [5, 5.41) is 4.96. The maximum Gasteiger partial charge on any atom is 0.204 e. The van der Waals surface area contributed by atoms with E-state index in [-0.39, 0.29) is 0 Å². The number of nitrogens with zero attached hydrogens (tertiary/aromatic N) is 2. The van der Waals surface area contributed by atoms with Crippen molar-refractivity contribution in [1.82, 2.24) is 4.98 Å². The molecule has 0 aliphatic rings. The van der Waals surface area contributed by atoms with Crippen molar-refractivity contribution in [2.75, 3.05) is 5.43 Å². The maximum atomic E-state index is 5.79. The van der Waals surface area contributed by atoms with Gasteiger partial charge in [0.25, 0.3) is 0 Å². The first-order valence-electron chi connectivity index (χ1n) is 7.28. The molecule has 2 heterocycles. The van der Waals surface area contributed by atoms with Crippen LogP contribution >= 0.6 is 27.3 Å². The van der Waals surface area contributed by atoms with E-state index in [1.54, 1.807) is 17.6 Å². The summed E-state index contributed by atoms with van der Waals surface area (Å²) in [5.74, 6) is 1.48. The van der Waals surface area contributed by atoms with Crippen molar-refractivity contribution in [1.29, 1.82) is 0 Å². The van der Waals surface area contributed by atoms with Crippen LogP contribution in [0.1, 0.15) is 5.76 Å². The predicted molar refractivity (Wildman–Crippen MR) is 103 cm³/mol. The highest BCUT2D eigenvalue weighted by Gasteiger charge is 2.04. The van der Waals surface area contributed by atoms with Crippen LogP contribution in [0.5, 0.6) is 0 Å². The molecule has 0 atom stereocenters. The number of nitrogens with one attached hydrogen (secondary N) is 1. The summed E-state index contributed by atoms with van der Waals surface area (Å²) in [5.41, 5.74) is 4.93. The molecule has 6 heteroatoms.